The van der Waals surface area contributed by atoms with Gasteiger partial charge in [-0.2, -0.15) is 0 Å². The molecule has 0 aromatic heterocycles. The third-order valence-corrected chi connectivity index (χ3v) is 4.30. The first-order chi connectivity index (χ1) is 10.3. The Morgan fingerprint density at radius 2 is 2.18 bits per heavy atom. The van der Waals surface area contributed by atoms with E-state index in [4.69, 9.17) is 4.74 Å². The summed E-state index contributed by atoms with van der Waals surface area (Å²) < 4.78 is 5.44. The Kier molecular flexibility index (Phi) is 5.70. The summed E-state index contributed by atoms with van der Waals surface area (Å²) >= 11 is 0. The summed E-state index contributed by atoms with van der Waals surface area (Å²) in [7, 11) is 0. The molecule has 0 bridgehead atoms. The molecule has 0 radical (unpaired) electrons. The predicted octanol–water partition coefficient (Wildman–Crippen LogP) is 3.05. The maximum atomic E-state index is 12.1. The van der Waals surface area contributed by atoms with Crippen LogP contribution in [0, 0.1) is 11.8 Å². The fourth-order valence-corrected chi connectivity index (χ4v) is 3.22. The third-order valence-electron chi connectivity index (χ3n) is 4.30. The first kappa shape index (κ1) is 17.1. The zero-order valence-corrected chi connectivity index (χ0v) is 14.5. The average Bonchev–Trinajstić information content (AvgIpc) is 2.44. The van der Waals surface area contributed by atoms with Crippen molar-refractivity contribution >= 4 is 11.9 Å². The number of carbonyl (C=O) groups excluding carboxylic acids is 1. The quantitative estimate of drug-likeness (QED) is 0.853. The molecule has 1 aliphatic heterocycles. The highest BCUT2D eigenvalue weighted by Crippen LogP contribution is 2.27. The highest BCUT2D eigenvalue weighted by molar-refractivity contribution is 5.87. The number of amidine groups is 1. The van der Waals surface area contributed by atoms with Crippen LogP contribution in [0.3, 0.4) is 0 Å². The normalized spacial score (nSPS) is 26.4. The number of nitrogens with one attached hydrogen (secondary N) is 1. The molecular formula is C17H31N3O2. The van der Waals surface area contributed by atoms with Crippen molar-refractivity contribution in [1.29, 1.82) is 0 Å². The summed E-state index contributed by atoms with van der Waals surface area (Å²) in [5.41, 5.74) is -0.447. The minimum absolute atomic E-state index is 0.243. The van der Waals surface area contributed by atoms with Gasteiger partial charge in [0.2, 0.25) is 0 Å². The van der Waals surface area contributed by atoms with Crippen molar-refractivity contribution in [1.82, 2.24) is 10.2 Å². The maximum Gasteiger partial charge on any atom is 0.410 e. The Morgan fingerprint density at radius 1 is 1.41 bits per heavy atom. The van der Waals surface area contributed by atoms with Gasteiger partial charge in [-0.25, -0.2) is 4.79 Å². The van der Waals surface area contributed by atoms with Gasteiger partial charge in [-0.1, -0.05) is 19.8 Å². The molecule has 2 aliphatic rings. The Bertz CT molecular complexity index is 415. The number of carbonyl (C=O) groups is 1. The van der Waals surface area contributed by atoms with E-state index in [1.165, 1.54) is 25.7 Å². The maximum absolute atomic E-state index is 12.1. The largest absolute Gasteiger partial charge is 0.444 e. The van der Waals surface area contributed by atoms with Crippen molar-refractivity contribution in [2.24, 2.45) is 16.8 Å². The number of hydrogen-bond donors (Lipinski definition) is 1. The van der Waals surface area contributed by atoms with Crippen LogP contribution in [0.25, 0.3) is 0 Å². The van der Waals surface area contributed by atoms with Crippen LogP contribution in [0.1, 0.15) is 53.4 Å². The molecule has 22 heavy (non-hydrogen) atoms. The lowest BCUT2D eigenvalue weighted by atomic mass is 9.82. The van der Waals surface area contributed by atoms with E-state index >= 15 is 0 Å². The van der Waals surface area contributed by atoms with Crippen LogP contribution in [0.2, 0.25) is 0 Å². The van der Waals surface area contributed by atoms with E-state index in [0.29, 0.717) is 19.6 Å². The lowest BCUT2D eigenvalue weighted by Crippen LogP contribution is -2.48. The van der Waals surface area contributed by atoms with E-state index in [0.717, 1.165) is 24.2 Å². The molecule has 0 aromatic carbocycles. The Hall–Kier alpha value is -1.26. The van der Waals surface area contributed by atoms with Gasteiger partial charge in [-0.05, 0) is 45.4 Å². The first-order valence-corrected chi connectivity index (χ1v) is 8.58. The van der Waals surface area contributed by atoms with E-state index in [1.807, 2.05) is 20.8 Å². The predicted molar refractivity (Wildman–Crippen MR) is 89.2 cm³/mol. The molecular weight excluding hydrogens is 278 g/mol. The smallest absolute Gasteiger partial charge is 0.410 e. The zero-order chi connectivity index (χ0) is 16.2. The van der Waals surface area contributed by atoms with Crippen molar-refractivity contribution < 1.29 is 9.53 Å². The number of rotatable bonds is 2. The van der Waals surface area contributed by atoms with Crippen molar-refractivity contribution in [3.8, 4) is 0 Å². The van der Waals surface area contributed by atoms with E-state index in [-0.39, 0.29) is 6.09 Å². The third kappa shape index (κ3) is 5.50. The molecule has 0 saturated heterocycles. The summed E-state index contributed by atoms with van der Waals surface area (Å²) in [6.07, 6.45) is 5.07. The van der Waals surface area contributed by atoms with Gasteiger partial charge in [0, 0.05) is 13.1 Å². The first-order valence-electron chi connectivity index (χ1n) is 8.58. The highest BCUT2D eigenvalue weighted by atomic mass is 16.6. The van der Waals surface area contributed by atoms with Crippen molar-refractivity contribution in [3.05, 3.63) is 0 Å². The topological polar surface area (TPSA) is 53.9 Å². The average molecular weight is 309 g/mol. The molecule has 1 amide bonds. The SMILES string of the molecule is CC1CCCC(CNC2=NCCN(C(=O)OC(C)(C)C)C2)C1. The summed E-state index contributed by atoms with van der Waals surface area (Å²) in [5, 5.41) is 3.46. The molecule has 1 heterocycles. The molecule has 1 aliphatic carbocycles. The second-order valence-electron chi connectivity index (χ2n) is 7.75. The molecule has 0 aromatic rings. The van der Waals surface area contributed by atoms with Crippen LogP contribution in [0.5, 0.6) is 0 Å². The van der Waals surface area contributed by atoms with Gasteiger partial charge in [0.1, 0.15) is 11.4 Å². The number of ether oxygens (including phenoxy) is 1. The van der Waals surface area contributed by atoms with E-state index in [9.17, 15) is 4.79 Å². The number of amides is 1. The van der Waals surface area contributed by atoms with Gasteiger partial charge in [0.25, 0.3) is 0 Å². The minimum atomic E-state index is -0.447. The summed E-state index contributed by atoms with van der Waals surface area (Å²) in [6.45, 7) is 10.8. The van der Waals surface area contributed by atoms with E-state index in [2.05, 4.69) is 17.2 Å². The molecule has 2 unspecified atom stereocenters. The lowest BCUT2D eigenvalue weighted by molar-refractivity contribution is 0.0276. The Balaban J connectivity index is 1.78. The van der Waals surface area contributed by atoms with Gasteiger partial charge in [-0.3, -0.25) is 9.89 Å². The molecule has 1 saturated carbocycles. The molecule has 5 nitrogen and oxygen atoms in total. The fraction of sp³-hybridized carbons (Fsp3) is 0.882. The van der Waals surface area contributed by atoms with E-state index < -0.39 is 5.60 Å². The van der Waals surface area contributed by atoms with Crippen LogP contribution in [-0.2, 0) is 4.74 Å². The molecule has 2 rings (SSSR count). The monoisotopic (exact) mass is 309 g/mol. The van der Waals surface area contributed by atoms with Gasteiger partial charge < -0.3 is 10.1 Å². The Labute approximate surface area is 134 Å². The van der Waals surface area contributed by atoms with Crippen molar-refractivity contribution in [3.63, 3.8) is 0 Å². The van der Waals surface area contributed by atoms with Gasteiger partial charge in [-0.15, -0.1) is 0 Å². The molecule has 5 heteroatoms. The van der Waals surface area contributed by atoms with Gasteiger partial charge in [0.05, 0.1) is 13.1 Å². The van der Waals surface area contributed by atoms with Crippen LogP contribution in [0.4, 0.5) is 4.79 Å². The molecule has 1 N–H and O–H groups in total. The molecule has 1 fully saturated rings. The van der Waals surface area contributed by atoms with Gasteiger partial charge >= 0.3 is 6.09 Å². The van der Waals surface area contributed by atoms with Crippen molar-refractivity contribution in [2.45, 2.75) is 59.0 Å². The van der Waals surface area contributed by atoms with E-state index in [1.54, 1.807) is 4.90 Å². The lowest BCUT2D eigenvalue weighted by Gasteiger charge is -2.31. The highest BCUT2D eigenvalue weighted by Gasteiger charge is 2.25. The van der Waals surface area contributed by atoms with Crippen LogP contribution in [0.15, 0.2) is 4.99 Å². The molecule has 2 atom stereocenters. The number of aliphatic imine (C=N–C) groups is 1. The number of hydrogen-bond acceptors (Lipinski definition) is 4. The van der Waals surface area contributed by atoms with Crippen LogP contribution < -0.4 is 5.32 Å². The molecule has 0 spiro atoms. The zero-order valence-electron chi connectivity index (χ0n) is 14.5. The second kappa shape index (κ2) is 7.34. The van der Waals surface area contributed by atoms with Crippen LogP contribution in [-0.4, -0.2) is 48.6 Å². The number of nitrogens with zero attached hydrogens (tertiary/aromatic N) is 2. The summed E-state index contributed by atoms with van der Waals surface area (Å²) in [4.78, 5) is 18.4. The summed E-state index contributed by atoms with van der Waals surface area (Å²) in [5.74, 6) is 2.51. The fourth-order valence-electron chi connectivity index (χ4n) is 3.22. The Morgan fingerprint density at radius 3 is 2.86 bits per heavy atom. The van der Waals surface area contributed by atoms with Crippen molar-refractivity contribution in [2.75, 3.05) is 26.2 Å². The minimum Gasteiger partial charge on any atom is -0.444 e. The van der Waals surface area contributed by atoms with Gasteiger partial charge in [0.15, 0.2) is 0 Å². The van der Waals surface area contributed by atoms with Crippen LogP contribution >= 0.6 is 0 Å². The summed E-state index contributed by atoms with van der Waals surface area (Å²) in [6, 6.07) is 0. The molecule has 126 valence electrons. The second-order valence-corrected chi connectivity index (χ2v) is 7.75. The standard InChI is InChI=1S/C17H31N3O2/c1-13-6-5-7-14(10-13)11-19-15-12-20(9-8-18-15)16(21)22-17(2,3)4/h13-14H,5-12H2,1-4H3,(H,18,19).